The molecule has 1 atom stereocenters. The molecule has 1 unspecified atom stereocenters. The van der Waals surface area contributed by atoms with Crippen LogP contribution < -0.4 is 5.32 Å². The molecule has 2 rings (SSSR count). The van der Waals surface area contributed by atoms with Crippen LogP contribution in [-0.2, 0) is 13.1 Å². The van der Waals surface area contributed by atoms with Crippen LogP contribution in [0.1, 0.15) is 47.5 Å². The predicted octanol–water partition coefficient (Wildman–Crippen LogP) is 3.14. The third-order valence-electron chi connectivity index (χ3n) is 3.40. The fourth-order valence-electron chi connectivity index (χ4n) is 2.47. The van der Waals surface area contributed by atoms with Gasteiger partial charge in [-0.3, -0.25) is 4.68 Å². The van der Waals surface area contributed by atoms with Gasteiger partial charge in [0.2, 0.25) is 0 Å². The van der Waals surface area contributed by atoms with Crippen molar-refractivity contribution in [2.45, 2.75) is 53.8 Å². The van der Waals surface area contributed by atoms with E-state index < -0.39 is 0 Å². The molecule has 0 bridgehead atoms. The van der Waals surface area contributed by atoms with Gasteiger partial charge < -0.3 is 5.32 Å². The third-order valence-corrected chi connectivity index (χ3v) is 4.36. The highest BCUT2D eigenvalue weighted by Gasteiger charge is 2.16. The second-order valence-corrected chi connectivity index (χ2v) is 5.83. The lowest BCUT2D eigenvalue weighted by atomic mass is 10.1. The van der Waals surface area contributed by atoms with Crippen molar-refractivity contribution in [3.8, 4) is 0 Å². The zero-order valence-corrected chi connectivity index (χ0v) is 13.1. The van der Waals surface area contributed by atoms with Crippen LogP contribution >= 0.6 is 11.3 Å². The van der Waals surface area contributed by atoms with Gasteiger partial charge in [-0.25, -0.2) is 4.98 Å². The molecule has 0 aliphatic carbocycles. The van der Waals surface area contributed by atoms with Crippen LogP contribution in [0.15, 0.2) is 5.38 Å². The van der Waals surface area contributed by atoms with Gasteiger partial charge in [0, 0.05) is 41.5 Å². The summed E-state index contributed by atoms with van der Waals surface area (Å²) in [5.41, 5.74) is 4.79. The molecule has 0 aliphatic heterocycles. The quantitative estimate of drug-likeness (QED) is 0.913. The van der Waals surface area contributed by atoms with Gasteiger partial charge in [0.05, 0.1) is 5.69 Å². The van der Waals surface area contributed by atoms with E-state index in [1.165, 1.54) is 11.3 Å². The van der Waals surface area contributed by atoms with Crippen LogP contribution in [0.4, 0.5) is 0 Å². The molecule has 0 spiro atoms. The Balaban J connectivity index is 2.07. The Labute approximate surface area is 118 Å². The zero-order chi connectivity index (χ0) is 14.0. The van der Waals surface area contributed by atoms with E-state index in [2.05, 4.69) is 53.2 Å². The summed E-state index contributed by atoms with van der Waals surface area (Å²) >= 11 is 1.71. The number of hydrogen-bond acceptors (Lipinski definition) is 4. The van der Waals surface area contributed by atoms with Crippen molar-refractivity contribution in [2.24, 2.45) is 0 Å². The Morgan fingerprint density at radius 3 is 2.63 bits per heavy atom. The van der Waals surface area contributed by atoms with Crippen LogP contribution in [-0.4, -0.2) is 14.8 Å². The molecule has 0 radical (unpaired) electrons. The van der Waals surface area contributed by atoms with Crippen LogP contribution in [0.2, 0.25) is 0 Å². The summed E-state index contributed by atoms with van der Waals surface area (Å²) in [6, 6.07) is 0.296. The highest BCUT2D eigenvalue weighted by Crippen LogP contribution is 2.22. The molecule has 19 heavy (non-hydrogen) atoms. The summed E-state index contributed by atoms with van der Waals surface area (Å²) in [4.78, 5) is 4.48. The second kappa shape index (κ2) is 5.84. The molecule has 0 aromatic carbocycles. The Kier molecular flexibility index (Phi) is 4.37. The van der Waals surface area contributed by atoms with Crippen molar-refractivity contribution in [3.05, 3.63) is 33.0 Å². The number of aromatic nitrogens is 3. The number of rotatable bonds is 5. The van der Waals surface area contributed by atoms with Crippen molar-refractivity contribution < 1.29 is 0 Å². The molecule has 5 heteroatoms. The first kappa shape index (κ1) is 14.2. The fourth-order valence-corrected chi connectivity index (χ4v) is 3.19. The normalized spacial score (nSPS) is 12.9. The van der Waals surface area contributed by atoms with Crippen LogP contribution in [0.25, 0.3) is 0 Å². The van der Waals surface area contributed by atoms with E-state index >= 15 is 0 Å². The van der Waals surface area contributed by atoms with Gasteiger partial charge in [0.1, 0.15) is 5.01 Å². The summed E-state index contributed by atoms with van der Waals surface area (Å²) in [5.74, 6) is 0. The summed E-state index contributed by atoms with van der Waals surface area (Å²) in [7, 11) is 0. The molecule has 4 nitrogen and oxygen atoms in total. The highest BCUT2D eigenvalue weighted by atomic mass is 32.1. The van der Waals surface area contributed by atoms with Crippen LogP contribution in [0.3, 0.4) is 0 Å². The van der Waals surface area contributed by atoms with Gasteiger partial charge in [-0.05, 0) is 34.6 Å². The zero-order valence-electron chi connectivity index (χ0n) is 12.3. The molecule has 2 aromatic heterocycles. The van der Waals surface area contributed by atoms with Crippen LogP contribution in [0.5, 0.6) is 0 Å². The van der Waals surface area contributed by atoms with E-state index in [-0.39, 0.29) is 0 Å². The maximum absolute atomic E-state index is 4.57. The maximum atomic E-state index is 4.57. The molecular weight excluding hydrogens is 256 g/mol. The summed E-state index contributed by atoms with van der Waals surface area (Å²) in [6.45, 7) is 12.3. The van der Waals surface area contributed by atoms with Crippen molar-refractivity contribution in [3.63, 3.8) is 0 Å². The summed E-state index contributed by atoms with van der Waals surface area (Å²) < 4.78 is 2.07. The standard InChI is InChI=1S/C14H22N4S/c1-6-18-12(5)14(11(4)17-18)10(3)15-7-13-16-9(2)8-19-13/h8,10,15H,6-7H2,1-5H3. The Bertz CT molecular complexity index is 556. The molecule has 0 saturated heterocycles. The van der Waals surface area contributed by atoms with Crippen LogP contribution in [0, 0.1) is 20.8 Å². The number of hydrogen-bond donors (Lipinski definition) is 1. The first-order valence-corrected chi connectivity index (χ1v) is 7.59. The van der Waals surface area contributed by atoms with Gasteiger partial charge in [0.15, 0.2) is 0 Å². The van der Waals surface area contributed by atoms with Crippen molar-refractivity contribution in [1.82, 2.24) is 20.1 Å². The van der Waals surface area contributed by atoms with Crippen molar-refractivity contribution in [1.29, 1.82) is 0 Å². The molecule has 0 saturated carbocycles. The maximum Gasteiger partial charge on any atom is 0.107 e. The molecule has 0 fully saturated rings. The molecule has 2 heterocycles. The molecular formula is C14H22N4S. The highest BCUT2D eigenvalue weighted by molar-refractivity contribution is 7.09. The lowest BCUT2D eigenvalue weighted by Crippen LogP contribution is -2.19. The van der Waals surface area contributed by atoms with Gasteiger partial charge in [0.25, 0.3) is 0 Å². The Hall–Kier alpha value is -1.20. The topological polar surface area (TPSA) is 42.7 Å². The molecule has 2 aromatic rings. The van der Waals surface area contributed by atoms with E-state index in [0.29, 0.717) is 6.04 Å². The number of nitrogens with one attached hydrogen (secondary N) is 1. The third kappa shape index (κ3) is 3.04. The average molecular weight is 278 g/mol. The second-order valence-electron chi connectivity index (χ2n) is 4.89. The molecule has 0 amide bonds. The first-order valence-electron chi connectivity index (χ1n) is 6.71. The monoisotopic (exact) mass is 278 g/mol. The minimum absolute atomic E-state index is 0.296. The van der Waals surface area contributed by atoms with Gasteiger partial charge >= 0.3 is 0 Å². The van der Waals surface area contributed by atoms with E-state index in [1.54, 1.807) is 11.3 Å². The molecule has 1 N–H and O–H groups in total. The fraction of sp³-hybridized carbons (Fsp3) is 0.571. The van der Waals surface area contributed by atoms with Crippen molar-refractivity contribution in [2.75, 3.05) is 0 Å². The largest absolute Gasteiger partial charge is 0.304 e. The lowest BCUT2D eigenvalue weighted by Gasteiger charge is -2.14. The number of nitrogens with zero attached hydrogens (tertiary/aromatic N) is 3. The smallest absolute Gasteiger partial charge is 0.107 e. The van der Waals surface area contributed by atoms with E-state index in [4.69, 9.17) is 0 Å². The summed E-state index contributed by atoms with van der Waals surface area (Å²) in [6.07, 6.45) is 0. The molecule has 104 valence electrons. The SMILES string of the molecule is CCn1nc(C)c(C(C)NCc2nc(C)cs2)c1C. The van der Waals surface area contributed by atoms with Gasteiger partial charge in [-0.15, -0.1) is 11.3 Å². The average Bonchev–Trinajstić information content (AvgIpc) is 2.90. The minimum atomic E-state index is 0.296. The lowest BCUT2D eigenvalue weighted by molar-refractivity contribution is 0.564. The van der Waals surface area contributed by atoms with Crippen molar-refractivity contribution >= 4 is 11.3 Å². The minimum Gasteiger partial charge on any atom is -0.304 e. The van der Waals surface area contributed by atoms with E-state index in [9.17, 15) is 0 Å². The van der Waals surface area contributed by atoms with Gasteiger partial charge in [-0.2, -0.15) is 5.10 Å². The van der Waals surface area contributed by atoms with E-state index in [0.717, 1.165) is 29.5 Å². The number of thiazole rings is 1. The first-order chi connectivity index (χ1) is 9.02. The predicted molar refractivity (Wildman–Crippen MR) is 79.5 cm³/mol. The Morgan fingerprint density at radius 2 is 2.11 bits per heavy atom. The summed E-state index contributed by atoms with van der Waals surface area (Å²) in [5, 5.41) is 11.3. The Morgan fingerprint density at radius 1 is 1.37 bits per heavy atom. The molecule has 0 aliphatic rings. The van der Waals surface area contributed by atoms with Gasteiger partial charge in [-0.1, -0.05) is 0 Å². The van der Waals surface area contributed by atoms with E-state index in [1.807, 2.05) is 6.92 Å². The number of aryl methyl sites for hydroxylation is 3.